The minimum atomic E-state index is 0.0668. The maximum atomic E-state index is 10.8. The summed E-state index contributed by atoms with van der Waals surface area (Å²) in [7, 11) is 0. The van der Waals surface area contributed by atoms with Gasteiger partial charge < -0.3 is 10.6 Å². The summed E-state index contributed by atoms with van der Waals surface area (Å²) in [5, 5.41) is 6.47. The molecule has 92 valence electrons. The summed E-state index contributed by atoms with van der Waals surface area (Å²) in [6.07, 6.45) is 7.03. The summed E-state index contributed by atoms with van der Waals surface area (Å²) < 4.78 is 0. The molecule has 16 heavy (non-hydrogen) atoms. The Labute approximate surface area is 97.8 Å². The molecule has 0 atom stereocenters. The highest BCUT2D eigenvalue weighted by molar-refractivity contribution is 5.48. The van der Waals surface area contributed by atoms with Crippen LogP contribution in [0.1, 0.15) is 32.1 Å². The van der Waals surface area contributed by atoms with Gasteiger partial charge in [-0.25, -0.2) is 0 Å². The highest BCUT2D eigenvalue weighted by Crippen LogP contribution is 2.28. The summed E-state index contributed by atoms with van der Waals surface area (Å²) in [6, 6.07) is 0. The fraction of sp³-hybridized carbons (Fsp3) is 0.917. The van der Waals surface area contributed by atoms with Gasteiger partial charge in [0, 0.05) is 32.7 Å². The van der Waals surface area contributed by atoms with Crippen LogP contribution in [0.3, 0.4) is 0 Å². The van der Waals surface area contributed by atoms with E-state index in [9.17, 15) is 4.79 Å². The number of carbonyl (C=O) groups is 1. The fourth-order valence-electron chi connectivity index (χ4n) is 3.00. The molecule has 1 aliphatic heterocycles. The van der Waals surface area contributed by atoms with Gasteiger partial charge in [0.2, 0.25) is 6.41 Å². The van der Waals surface area contributed by atoms with E-state index in [1.807, 2.05) is 0 Å². The van der Waals surface area contributed by atoms with Crippen LogP contribution in [0.2, 0.25) is 0 Å². The first-order valence-corrected chi connectivity index (χ1v) is 6.49. The number of hydrogen-bond donors (Lipinski definition) is 2. The molecule has 2 N–H and O–H groups in total. The predicted octanol–water partition coefficient (Wildman–Crippen LogP) is 0.341. The van der Waals surface area contributed by atoms with E-state index in [2.05, 4.69) is 15.5 Å². The Morgan fingerprint density at radius 1 is 1.19 bits per heavy atom. The third-order valence-corrected chi connectivity index (χ3v) is 3.91. The van der Waals surface area contributed by atoms with Crippen molar-refractivity contribution in [1.29, 1.82) is 0 Å². The zero-order chi connectivity index (χ0) is 11.3. The molecule has 1 amide bonds. The van der Waals surface area contributed by atoms with Crippen LogP contribution in [0.5, 0.6) is 0 Å². The minimum absolute atomic E-state index is 0.0668. The molecule has 2 rings (SSSR count). The van der Waals surface area contributed by atoms with Crippen molar-refractivity contribution in [2.24, 2.45) is 0 Å². The predicted molar refractivity (Wildman–Crippen MR) is 64.3 cm³/mol. The van der Waals surface area contributed by atoms with Crippen molar-refractivity contribution in [3.63, 3.8) is 0 Å². The number of nitrogens with zero attached hydrogens (tertiary/aromatic N) is 1. The van der Waals surface area contributed by atoms with Gasteiger partial charge in [0.15, 0.2) is 0 Å². The lowest BCUT2D eigenvalue weighted by molar-refractivity contribution is -0.112. The Morgan fingerprint density at radius 3 is 2.50 bits per heavy atom. The van der Waals surface area contributed by atoms with E-state index in [1.54, 1.807) is 0 Å². The van der Waals surface area contributed by atoms with Gasteiger partial charge in [-0.2, -0.15) is 0 Å². The molecule has 1 aliphatic carbocycles. The monoisotopic (exact) mass is 225 g/mol. The molecular weight excluding hydrogens is 202 g/mol. The van der Waals surface area contributed by atoms with Crippen LogP contribution >= 0.6 is 0 Å². The number of piperazine rings is 1. The topological polar surface area (TPSA) is 44.4 Å². The minimum Gasteiger partial charge on any atom is -0.352 e. The zero-order valence-corrected chi connectivity index (χ0v) is 10.0. The smallest absolute Gasteiger partial charge is 0.207 e. The molecule has 1 saturated carbocycles. The van der Waals surface area contributed by atoms with Crippen molar-refractivity contribution in [2.75, 3.05) is 32.7 Å². The lowest BCUT2D eigenvalue weighted by atomic mass is 9.81. The van der Waals surface area contributed by atoms with Crippen LogP contribution in [-0.2, 0) is 4.79 Å². The van der Waals surface area contributed by atoms with Gasteiger partial charge in [0.25, 0.3) is 0 Å². The Balaban J connectivity index is 1.92. The number of nitrogens with one attached hydrogen (secondary N) is 2. The number of carbonyl (C=O) groups excluding carboxylic acids is 1. The van der Waals surface area contributed by atoms with Crippen LogP contribution in [0, 0.1) is 0 Å². The first kappa shape index (κ1) is 11.9. The number of hydrogen-bond acceptors (Lipinski definition) is 3. The Bertz CT molecular complexity index is 220. The summed E-state index contributed by atoms with van der Waals surface area (Å²) in [5.74, 6) is 0. The molecule has 0 aromatic heterocycles. The van der Waals surface area contributed by atoms with Gasteiger partial charge in [-0.05, 0) is 12.8 Å². The van der Waals surface area contributed by atoms with Gasteiger partial charge in [-0.3, -0.25) is 9.69 Å². The maximum Gasteiger partial charge on any atom is 0.207 e. The van der Waals surface area contributed by atoms with E-state index in [1.165, 1.54) is 19.3 Å². The van der Waals surface area contributed by atoms with Crippen molar-refractivity contribution < 1.29 is 4.79 Å². The molecule has 0 bridgehead atoms. The van der Waals surface area contributed by atoms with Crippen LogP contribution in [0.25, 0.3) is 0 Å². The molecule has 4 heteroatoms. The van der Waals surface area contributed by atoms with E-state index in [4.69, 9.17) is 0 Å². The van der Waals surface area contributed by atoms with Gasteiger partial charge in [0.1, 0.15) is 0 Å². The normalized spacial score (nSPS) is 26.2. The summed E-state index contributed by atoms with van der Waals surface area (Å²) in [4.78, 5) is 13.3. The van der Waals surface area contributed by atoms with Gasteiger partial charge in [-0.15, -0.1) is 0 Å². The Morgan fingerprint density at radius 2 is 1.88 bits per heavy atom. The molecule has 0 unspecified atom stereocenters. The highest BCUT2D eigenvalue weighted by Gasteiger charge is 2.33. The Kier molecular flexibility index (Phi) is 4.18. The molecule has 0 radical (unpaired) electrons. The van der Waals surface area contributed by atoms with Crippen LogP contribution in [0.4, 0.5) is 0 Å². The number of rotatable bonds is 4. The van der Waals surface area contributed by atoms with Crippen LogP contribution < -0.4 is 10.6 Å². The molecule has 4 nitrogen and oxygen atoms in total. The summed E-state index contributed by atoms with van der Waals surface area (Å²) in [5.41, 5.74) is 0.0668. The third-order valence-electron chi connectivity index (χ3n) is 3.91. The summed E-state index contributed by atoms with van der Waals surface area (Å²) in [6.45, 7) is 5.42. The lowest BCUT2D eigenvalue weighted by Crippen LogP contribution is -2.57. The SMILES string of the molecule is O=CNC1(CN2CCNCC2)CCCCC1. The molecular formula is C12H23N3O. The van der Waals surface area contributed by atoms with Crippen molar-refractivity contribution in [2.45, 2.75) is 37.6 Å². The summed E-state index contributed by atoms with van der Waals surface area (Å²) >= 11 is 0. The molecule has 2 aliphatic rings. The van der Waals surface area contributed by atoms with Crippen molar-refractivity contribution in [1.82, 2.24) is 15.5 Å². The van der Waals surface area contributed by atoms with E-state index >= 15 is 0 Å². The lowest BCUT2D eigenvalue weighted by Gasteiger charge is -2.42. The first-order chi connectivity index (χ1) is 7.85. The molecule has 2 fully saturated rings. The second-order valence-corrected chi connectivity index (χ2v) is 5.13. The second kappa shape index (κ2) is 5.64. The fourth-order valence-corrected chi connectivity index (χ4v) is 3.00. The largest absolute Gasteiger partial charge is 0.352 e. The second-order valence-electron chi connectivity index (χ2n) is 5.13. The highest BCUT2D eigenvalue weighted by atomic mass is 16.1. The van der Waals surface area contributed by atoms with Gasteiger partial charge in [-0.1, -0.05) is 19.3 Å². The molecule has 1 heterocycles. The number of amides is 1. The quantitative estimate of drug-likeness (QED) is 0.678. The molecule has 0 aromatic rings. The maximum absolute atomic E-state index is 10.8. The van der Waals surface area contributed by atoms with E-state index in [0.29, 0.717) is 0 Å². The van der Waals surface area contributed by atoms with Crippen molar-refractivity contribution in [3.05, 3.63) is 0 Å². The standard InChI is InChI=1S/C12H23N3O/c16-11-14-12(4-2-1-3-5-12)10-15-8-6-13-7-9-15/h11,13H,1-10H2,(H,14,16). The van der Waals surface area contributed by atoms with E-state index in [-0.39, 0.29) is 5.54 Å². The van der Waals surface area contributed by atoms with Gasteiger partial charge in [0.05, 0.1) is 5.54 Å². The third kappa shape index (κ3) is 2.95. The Hall–Kier alpha value is -0.610. The van der Waals surface area contributed by atoms with Gasteiger partial charge >= 0.3 is 0 Å². The van der Waals surface area contributed by atoms with Crippen molar-refractivity contribution >= 4 is 6.41 Å². The van der Waals surface area contributed by atoms with E-state index < -0.39 is 0 Å². The van der Waals surface area contributed by atoms with E-state index in [0.717, 1.165) is 52.0 Å². The molecule has 1 saturated heterocycles. The zero-order valence-electron chi connectivity index (χ0n) is 10.0. The average molecular weight is 225 g/mol. The average Bonchev–Trinajstić information content (AvgIpc) is 2.31. The van der Waals surface area contributed by atoms with Crippen molar-refractivity contribution in [3.8, 4) is 0 Å². The molecule has 0 spiro atoms. The van der Waals surface area contributed by atoms with Crippen LogP contribution in [-0.4, -0.2) is 49.6 Å². The molecule has 0 aromatic carbocycles. The first-order valence-electron chi connectivity index (χ1n) is 6.49. The van der Waals surface area contributed by atoms with Crippen LogP contribution in [0.15, 0.2) is 0 Å².